The third-order valence-electron chi connectivity index (χ3n) is 24.1. The Labute approximate surface area is 798 Å². The van der Waals surface area contributed by atoms with Crippen molar-refractivity contribution in [3.05, 3.63) is 222 Å². The number of carbonyl (C=O) groups excluding carboxylic acids is 6. The van der Waals surface area contributed by atoms with Crippen molar-refractivity contribution < 1.29 is 84.2 Å². The third kappa shape index (κ3) is 33.6. The number of likely N-dealkylation sites (tertiary alicyclic amines) is 3. The number of amides is 9. The molecule has 0 unspecified atom stereocenters. The van der Waals surface area contributed by atoms with Crippen molar-refractivity contribution in [3.63, 3.8) is 0 Å². The summed E-state index contributed by atoms with van der Waals surface area (Å²) in [4.78, 5) is 82.9. The number of hydrogen-bond donors (Lipinski definition) is 9. The maximum absolute atomic E-state index is 14.8. The monoisotopic (exact) mass is 1880 g/mol. The Kier molecular flexibility index (Phi) is 41.9. The summed E-state index contributed by atoms with van der Waals surface area (Å²) in [6, 6.07) is 50.2. The van der Waals surface area contributed by atoms with Crippen molar-refractivity contribution in [2.24, 2.45) is 0 Å². The molecule has 12 rings (SSSR count). The Balaban J connectivity index is 0.000000211. The van der Waals surface area contributed by atoms with Crippen LogP contribution in [0.1, 0.15) is 220 Å². The molecule has 0 spiro atoms. The van der Waals surface area contributed by atoms with Crippen LogP contribution in [-0.4, -0.2) is 160 Å². The van der Waals surface area contributed by atoms with E-state index in [0.717, 1.165) is 153 Å². The molecular weight excluding hydrogens is 1740 g/mol. The van der Waals surface area contributed by atoms with Crippen LogP contribution in [-0.2, 0) is 6.18 Å². The van der Waals surface area contributed by atoms with Gasteiger partial charge in [0.1, 0.15) is 75.9 Å². The molecule has 9 N–H and O–H groups in total. The number of rotatable bonds is 41. The molecule has 732 valence electrons. The summed E-state index contributed by atoms with van der Waals surface area (Å²) in [6.07, 6.45) is 12.9. The molecule has 3 aliphatic heterocycles. The second-order valence-corrected chi connectivity index (χ2v) is 34.2. The van der Waals surface area contributed by atoms with Crippen LogP contribution in [0.4, 0.5) is 66.1 Å². The number of hydrogen-bond acceptors (Lipinski definition) is 17. The van der Waals surface area contributed by atoms with E-state index in [1.54, 1.807) is 153 Å². The summed E-state index contributed by atoms with van der Waals surface area (Å²) in [7, 11) is 3.03. The van der Waals surface area contributed by atoms with Gasteiger partial charge in [0.25, 0.3) is 17.7 Å². The van der Waals surface area contributed by atoms with Gasteiger partial charge < -0.3 is 100 Å². The average molecular weight is 1880 g/mol. The second-order valence-electron chi connectivity index (χ2n) is 34.2. The van der Waals surface area contributed by atoms with E-state index in [2.05, 4.69) is 83.3 Å². The summed E-state index contributed by atoms with van der Waals surface area (Å²) in [5.41, 5.74) is 3.51. The van der Waals surface area contributed by atoms with Gasteiger partial charge in [-0.3, -0.25) is 14.4 Å². The number of anilines is 6. The molecule has 30 heteroatoms. The quantitative estimate of drug-likeness (QED) is 0.0161. The van der Waals surface area contributed by atoms with E-state index in [1.807, 2.05) is 60.6 Å². The van der Waals surface area contributed by atoms with Crippen LogP contribution in [0, 0.1) is 12.7 Å². The van der Waals surface area contributed by atoms with Crippen LogP contribution < -0.4 is 85.7 Å². The standard InChI is InChI=1S/C36H45F3N4O5.C36H48N4O5.C34H43FN4O4/c1-5-8-19-43-20-17-29(18-21-43)47-31-15-9-24(22-30(31)36(37,38)39)34(44)40-26-10-13-28(14-11-26)48-32-16-12-27(23-33(32)46-4)42-35(45)41-25(6-2)7-3;1-6-9-20-40-21-18-30(19-22-40)45-33-17-10-26(23-25(33)4)35(41)39-32-16-15-31(24-34(32)43-5)44-29-13-11-28(12-14-29)38-36(42)37-27(7-2)8-3;1-4-7-20-39-21-18-29(19-22-39)42-27-12-8-24(9-13-27)33(40)38-32-17-16-30(23-31(32)35)43-28-14-10-26(11-15-28)37-34(41)36-25(5-2)6-3/h9-16,22-23,25,29H,5-8,17-21H2,1-4H3,(H,40,44)(H2,41,42,45);10-17,23-24,27,30H,6-9,18-22H2,1-5H3,(H,39,41)(H2,37,38,42);8-17,23,25,29H,4-7,18-22H2,1-3H3,(H,38,40)(H2,36,37,41). The zero-order valence-electron chi connectivity index (χ0n) is 80.5. The fourth-order valence-electron chi connectivity index (χ4n) is 15.7. The lowest BCUT2D eigenvalue weighted by atomic mass is 10.1. The maximum atomic E-state index is 14.8. The molecule has 0 aromatic heterocycles. The lowest BCUT2D eigenvalue weighted by Crippen LogP contribution is -2.38. The number of alkyl halides is 3. The first kappa shape index (κ1) is 105. The normalized spacial score (nSPS) is 13.9. The summed E-state index contributed by atoms with van der Waals surface area (Å²) < 4.78 is 104. The first-order chi connectivity index (χ1) is 65.7. The molecule has 3 heterocycles. The molecular formula is C106H136F4N12O14. The smallest absolute Gasteiger partial charge is 0.419 e. The predicted octanol–water partition coefficient (Wildman–Crippen LogP) is 24.5. The number of nitrogens with one attached hydrogen (secondary N) is 9. The first-order valence-electron chi connectivity index (χ1n) is 48.0. The van der Waals surface area contributed by atoms with E-state index < -0.39 is 29.4 Å². The predicted molar refractivity (Wildman–Crippen MR) is 529 cm³/mol. The number of aryl methyl sites for hydroxylation is 1. The topological polar surface area (TPSA) is 294 Å². The van der Waals surface area contributed by atoms with Crippen molar-refractivity contribution in [1.82, 2.24) is 30.7 Å². The molecule has 9 aromatic carbocycles. The van der Waals surface area contributed by atoms with E-state index in [9.17, 15) is 46.3 Å². The van der Waals surface area contributed by atoms with Crippen molar-refractivity contribution in [2.75, 3.05) is 105 Å². The van der Waals surface area contributed by atoms with Gasteiger partial charge in [0.05, 0.1) is 31.2 Å². The molecule has 3 fully saturated rings. The van der Waals surface area contributed by atoms with E-state index in [4.69, 9.17) is 37.9 Å². The van der Waals surface area contributed by atoms with Gasteiger partial charge in [-0.15, -0.1) is 0 Å². The number of benzene rings is 9. The van der Waals surface area contributed by atoms with Crippen molar-refractivity contribution in [1.29, 1.82) is 0 Å². The number of unbranched alkanes of at least 4 members (excludes halogenated alkanes) is 3. The number of ether oxygens (including phenoxy) is 8. The van der Waals surface area contributed by atoms with Gasteiger partial charge >= 0.3 is 24.3 Å². The number of piperidine rings is 3. The van der Waals surface area contributed by atoms with Gasteiger partial charge in [0, 0.05) is 115 Å². The molecule has 0 aliphatic carbocycles. The highest BCUT2D eigenvalue weighted by molar-refractivity contribution is 6.06. The van der Waals surface area contributed by atoms with Crippen LogP contribution in [0.5, 0.6) is 63.2 Å². The number of nitrogens with zero attached hydrogens (tertiary/aromatic N) is 3. The zero-order valence-corrected chi connectivity index (χ0v) is 80.5. The molecule has 0 radical (unpaired) electrons. The van der Waals surface area contributed by atoms with E-state index in [0.29, 0.717) is 92.7 Å². The van der Waals surface area contributed by atoms with Crippen LogP contribution in [0.3, 0.4) is 0 Å². The van der Waals surface area contributed by atoms with Crippen LogP contribution in [0.15, 0.2) is 188 Å². The van der Waals surface area contributed by atoms with E-state index >= 15 is 0 Å². The summed E-state index contributed by atoms with van der Waals surface area (Å²) in [5.74, 6) is 2.90. The fraction of sp³-hybridized carbons (Fsp3) is 0.434. The molecule has 9 aromatic rings. The number of carbonyl (C=O) groups is 6. The average Bonchev–Trinajstić information content (AvgIpc) is 0.801. The van der Waals surface area contributed by atoms with Crippen LogP contribution >= 0.6 is 0 Å². The minimum atomic E-state index is -4.69. The van der Waals surface area contributed by atoms with Crippen LogP contribution in [0.2, 0.25) is 0 Å². The Bertz CT molecular complexity index is 5250. The number of methoxy groups -OCH3 is 2. The summed E-state index contributed by atoms with van der Waals surface area (Å²) in [6.45, 7) is 29.8. The minimum absolute atomic E-state index is 0.0514. The van der Waals surface area contributed by atoms with Gasteiger partial charge in [-0.25, -0.2) is 18.8 Å². The summed E-state index contributed by atoms with van der Waals surface area (Å²) in [5, 5.41) is 25.4. The molecule has 0 bridgehead atoms. The van der Waals surface area contributed by atoms with Gasteiger partial charge in [-0.1, -0.05) is 81.6 Å². The molecule has 26 nitrogen and oxygen atoms in total. The number of urea groups is 3. The van der Waals surface area contributed by atoms with E-state index in [-0.39, 0.29) is 83.2 Å². The highest BCUT2D eigenvalue weighted by Gasteiger charge is 2.37. The Hall–Kier alpha value is -12.8. The largest absolute Gasteiger partial charge is 0.494 e. The second kappa shape index (κ2) is 54.1. The van der Waals surface area contributed by atoms with Gasteiger partial charge in [0.15, 0.2) is 11.5 Å². The molecule has 0 saturated carbocycles. The molecule has 136 heavy (non-hydrogen) atoms. The Morgan fingerprint density at radius 2 is 0.699 bits per heavy atom. The van der Waals surface area contributed by atoms with Gasteiger partial charge in [-0.05, 0) is 298 Å². The highest BCUT2D eigenvalue weighted by Crippen LogP contribution is 2.41. The molecule has 0 atom stereocenters. The highest BCUT2D eigenvalue weighted by atomic mass is 19.4. The Morgan fingerprint density at radius 1 is 0.346 bits per heavy atom. The molecule has 9 amide bonds. The van der Waals surface area contributed by atoms with Gasteiger partial charge in [0.2, 0.25) is 0 Å². The van der Waals surface area contributed by atoms with Crippen molar-refractivity contribution >= 4 is 69.9 Å². The third-order valence-corrected chi connectivity index (χ3v) is 24.1. The SMILES string of the molecule is CCCCN1CCC(Oc2ccc(C(=O)Nc3ccc(Oc4ccc(NC(=O)NC(CC)CC)cc4)cc3F)cc2)CC1.CCCCN1CCC(Oc2ccc(C(=O)Nc3ccc(Oc4ccc(NC(=O)NC(CC)CC)cc4)cc3OC)cc2C)CC1.CCCCN1CCC(Oc2ccc(C(=O)Nc3ccc(Oc4ccc(NC(=O)NC(CC)CC)cc4OC)cc3)cc2C(F)(F)F)CC1. The maximum Gasteiger partial charge on any atom is 0.419 e. The minimum Gasteiger partial charge on any atom is -0.494 e. The molecule has 3 aliphatic rings. The number of halogens is 4. The fourth-order valence-corrected chi connectivity index (χ4v) is 15.7. The van der Waals surface area contributed by atoms with Crippen molar-refractivity contribution in [3.8, 4) is 63.2 Å². The molecule has 3 saturated heterocycles. The van der Waals surface area contributed by atoms with Crippen molar-refractivity contribution in [2.45, 2.75) is 227 Å². The summed E-state index contributed by atoms with van der Waals surface area (Å²) >= 11 is 0. The lowest BCUT2D eigenvalue weighted by Gasteiger charge is -2.32. The first-order valence-corrected chi connectivity index (χ1v) is 48.0. The Morgan fingerprint density at radius 3 is 1.13 bits per heavy atom. The zero-order chi connectivity index (χ0) is 97.5. The van der Waals surface area contributed by atoms with Gasteiger partial charge in [-0.2, -0.15) is 13.2 Å². The van der Waals surface area contributed by atoms with Crippen LogP contribution in [0.25, 0.3) is 0 Å². The lowest BCUT2D eigenvalue weighted by molar-refractivity contribution is -0.139. The van der Waals surface area contributed by atoms with E-state index in [1.165, 1.54) is 63.6 Å².